The van der Waals surface area contributed by atoms with Crippen molar-refractivity contribution in [2.45, 2.75) is 141 Å². The van der Waals surface area contributed by atoms with Crippen LogP contribution in [0.25, 0.3) is 0 Å². The fraction of sp³-hybridized carbons (Fsp3) is 0.462. The molecule has 0 spiro atoms. The number of benzene rings is 4. The number of rotatable bonds is 16. The fourth-order valence-electron chi connectivity index (χ4n) is 10.4. The van der Waals surface area contributed by atoms with Crippen molar-refractivity contribution in [3.8, 4) is 0 Å². The molecule has 0 bridgehead atoms. The molecule has 2 heterocycles. The number of hydrogen-bond donors (Lipinski definition) is 4. The molecule has 14 heteroatoms. The van der Waals surface area contributed by atoms with Gasteiger partial charge in [0.1, 0.15) is 12.2 Å². The maximum atomic E-state index is 14.1. The topological polar surface area (TPSA) is 167 Å². The molecule has 0 radical (unpaired) electrons. The lowest BCUT2D eigenvalue weighted by Gasteiger charge is -2.52. The maximum absolute atomic E-state index is 14.1. The molecule has 10 nitrogen and oxygen atoms in total. The molecule has 2 fully saturated rings. The van der Waals surface area contributed by atoms with Gasteiger partial charge in [-0.2, -0.15) is 0 Å². The summed E-state index contributed by atoms with van der Waals surface area (Å²) in [7, 11) is 0. The molecular weight excluding hydrogens is 918 g/mol. The molecule has 66 heavy (non-hydrogen) atoms. The largest absolute Gasteiger partial charge is 0.383 e. The Morgan fingerprint density at radius 2 is 0.879 bits per heavy atom. The van der Waals surface area contributed by atoms with Gasteiger partial charge >= 0.3 is 0 Å². The second-order valence-electron chi connectivity index (χ2n) is 18.5. The third kappa shape index (κ3) is 11.9. The number of nitrogens with zero attached hydrogens (tertiary/aromatic N) is 2. The Morgan fingerprint density at radius 1 is 0.561 bits per heavy atom. The van der Waals surface area contributed by atoms with E-state index in [1.807, 2.05) is 121 Å². The molecule has 6 rings (SSSR count). The van der Waals surface area contributed by atoms with E-state index >= 15 is 0 Å². The summed E-state index contributed by atoms with van der Waals surface area (Å²) in [5.41, 5.74) is 12.8. The highest BCUT2D eigenvalue weighted by Crippen LogP contribution is 2.54. The van der Waals surface area contributed by atoms with Crippen molar-refractivity contribution in [2.75, 3.05) is 0 Å². The van der Waals surface area contributed by atoms with Crippen LogP contribution in [0.4, 0.5) is 0 Å². The van der Waals surface area contributed by atoms with Crippen molar-refractivity contribution in [1.29, 1.82) is 0 Å². The summed E-state index contributed by atoms with van der Waals surface area (Å²) in [4.78, 5) is 55.4. The molecule has 2 aliphatic heterocycles. The molecular formula is C52H64Cl4N4O6. The number of aliphatic hydroxyl groups excluding tert-OH is 2. The number of piperidine rings is 2. The minimum absolute atomic E-state index is 0.00907. The number of likely N-dealkylation sites (tertiary alicyclic amines) is 2. The molecule has 0 unspecified atom stereocenters. The molecule has 2 aliphatic rings. The van der Waals surface area contributed by atoms with Gasteiger partial charge < -0.3 is 31.5 Å². The summed E-state index contributed by atoms with van der Waals surface area (Å²) in [6.07, 6.45) is 1.17. The number of hydrogen-bond acceptors (Lipinski definition) is 6. The van der Waals surface area contributed by atoms with E-state index in [0.717, 1.165) is 47.9 Å². The van der Waals surface area contributed by atoms with E-state index in [0.29, 0.717) is 32.9 Å². The first-order valence-corrected chi connectivity index (χ1v) is 24.4. The predicted molar refractivity (Wildman–Crippen MR) is 264 cm³/mol. The lowest BCUT2D eigenvalue weighted by molar-refractivity contribution is -0.158. The van der Waals surface area contributed by atoms with Crippen LogP contribution in [-0.4, -0.2) is 67.9 Å². The zero-order chi connectivity index (χ0) is 48.7. The quantitative estimate of drug-likeness (QED) is 0.0872. The van der Waals surface area contributed by atoms with Crippen molar-refractivity contribution >= 4 is 70.0 Å². The van der Waals surface area contributed by atoms with Crippen molar-refractivity contribution in [3.05, 3.63) is 139 Å². The molecule has 2 saturated heterocycles. The molecule has 0 saturated carbocycles. The van der Waals surface area contributed by atoms with E-state index in [1.54, 1.807) is 0 Å². The number of aliphatic hydroxyl groups is 2. The van der Waals surface area contributed by atoms with Crippen LogP contribution >= 0.6 is 46.4 Å². The van der Waals surface area contributed by atoms with Gasteiger partial charge in [-0.15, -0.1) is 0 Å². The Kier molecular flexibility index (Phi) is 18.2. The van der Waals surface area contributed by atoms with E-state index in [1.165, 1.54) is 0 Å². The lowest BCUT2D eigenvalue weighted by Crippen LogP contribution is -2.56. The van der Waals surface area contributed by atoms with E-state index in [-0.39, 0.29) is 60.7 Å². The van der Waals surface area contributed by atoms with Crippen LogP contribution in [0.5, 0.6) is 0 Å². The van der Waals surface area contributed by atoms with Crippen LogP contribution in [0, 0.1) is 10.8 Å². The van der Waals surface area contributed by atoms with Gasteiger partial charge in [0.2, 0.25) is 23.6 Å². The van der Waals surface area contributed by atoms with Crippen LogP contribution in [0.15, 0.2) is 97.1 Å². The minimum Gasteiger partial charge on any atom is -0.383 e. The molecule has 356 valence electrons. The van der Waals surface area contributed by atoms with Crippen LogP contribution in [0.2, 0.25) is 20.1 Å². The minimum atomic E-state index is -1.39. The van der Waals surface area contributed by atoms with Gasteiger partial charge in [-0.1, -0.05) is 136 Å². The van der Waals surface area contributed by atoms with Crippen LogP contribution in [-0.2, 0) is 19.2 Å². The van der Waals surface area contributed by atoms with Crippen molar-refractivity contribution in [1.82, 2.24) is 9.80 Å². The molecule has 6 N–H and O–H groups in total. The molecule has 4 amide bonds. The fourth-order valence-corrected chi connectivity index (χ4v) is 11.0. The van der Waals surface area contributed by atoms with E-state index in [2.05, 4.69) is 27.7 Å². The lowest BCUT2D eigenvalue weighted by atomic mass is 9.66. The Morgan fingerprint density at radius 3 is 1.15 bits per heavy atom. The van der Waals surface area contributed by atoms with Gasteiger partial charge in [-0.3, -0.25) is 19.2 Å². The number of nitrogens with two attached hydrogens (primary N) is 2. The summed E-state index contributed by atoms with van der Waals surface area (Å²) >= 11 is 25.1. The zero-order valence-corrected chi connectivity index (χ0v) is 41.6. The highest BCUT2D eigenvalue weighted by atomic mass is 35.5. The van der Waals surface area contributed by atoms with Gasteiger partial charge in [0.25, 0.3) is 0 Å². The smallest absolute Gasteiger partial charge is 0.246 e. The van der Waals surface area contributed by atoms with Gasteiger partial charge in [-0.25, -0.2) is 0 Å². The first kappa shape index (κ1) is 52.8. The Labute approximate surface area is 409 Å². The number of carbonyl (C=O) groups excluding carboxylic acids is 4. The maximum Gasteiger partial charge on any atom is 0.246 e. The third-order valence-electron chi connectivity index (χ3n) is 13.8. The van der Waals surface area contributed by atoms with E-state index < -0.39 is 34.9 Å². The second-order valence-corrected chi connectivity index (χ2v) is 20.2. The summed E-state index contributed by atoms with van der Waals surface area (Å²) in [5, 5.41) is 23.2. The first-order chi connectivity index (χ1) is 31.2. The summed E-state index contributed by atoms with van der Waals surface area (Å²) in [6.45, 7) is 11.9. The van der Waals surface area contributed by atoms with Gasteiger partial charge in [0.05, 0.1) is 22.9 Å². The highest BCUT2D eigenvalue weighted by Gasteiger charge is 2.53. The summed E-state index contributed by atoms with van der Waals surface area (Å²) in [6, 6.07) is 30.1. The Hall–Kier alpha value is -4.16. The monoisotopic (exact) mass is 980 g/mol. The van der Waals surface area contributed by atoms with Gasteiger partial charge in [0.15, 0.2) is 0 Å². The first-order valence-electron chi connectivity index (χ1n) is 22.8. The predicted octanol–water partition coefficient (Wildman–Crippen LogP) is 11.0. The number of halogens is 4. The highest BCUT2D eigenvalue weighted by molar-refractivity contribution is 6.31. The third-order valence-corrected chi connectivity index (χ3v) is 14.8. The summed E-state index contributed by atoms with van der Waals surface area (Å²) < 4.78 is 0. The molecule has 0 aromatic heterocycles. The number of primary amides is 2. The standard InChI is InChI=1S/2C26H32Cl2N2O3/c2*1-4-20(5-2)30-23(16-9-11-18(27)12-10-16)21(17-7-6-8-19(28)13-17)14-26(3,25(30)33)15-22(31)24(29)32/h2*6-13,20-23,31H,4-5,14-15H2,1-3H3,(H2,29,32)/t21-,22+,23-,26-;21-,22-,23-,26-/m11/s1. The van der Waals surface area contributed by atoms with Crippen molar-refractivity contribution in [2.24, 2.45) is 22.3 Å². The molecule has 4 aromatic rings. The number of carbonyl (C=O) groups is 4. The van der Waals surface area contributed by atoms with Crippen molar-refractivity contribution < 1.29 is 29.4 Å². The Balaban J connectivity index is 0.000000247. The van der Waals surface area contributed by atoms with Crippen LogP contribution < -0.4 is 11.5 Å². The van der Waals surface area contributed by atoms with Crippen molar-refractivity contribution in [3.63, 3.8) is 0 Å². The summed E-state index contributed by atoms with van der Waals surface area (Å²) in [5.74, 6) is -2.00. The second kappa shape index (κ2) is 22.8. The molecule has 4 aromatic carbocycles. The average Bonchev–Trinajstić information content (AvgIpc) is 3.28. The average molecular weight is 983 g/mol. The molecule has 0 aliphatic carbocycles. The van der Waals surface area contributed by atoms with Crippen LogP contribution in [0.3, 0.4) is 0 Å². The SMILES string of the molecule is CCC(CC)N1C(=O)[C@@](C)(C[C@@H](O)C(N)=O)C[C@H](c2cccc(Cl)c2)[C@H]1c1ccc(Cl)cc1.CCC(CC)N1C(=O)[C@@](C)(C[C@H](O)C(N)=O)C[C@H](c2cccc(Cl)c2)[C@H]1c1ccc(Cl)cc1. The zero-order valence-electron chi connectivity index (χ0n) is 38.6. The van der Waals surface area contributed by atoms with Crippen LogP contribution in [0.1, 0.15) is 139 Å². The molecule has 8 atom stereocenters. The van der Waals surface area contributed by atoms with Gasteiger partial charge in [-0.05, 0) is 122 Å². The van der Waals surface area contributed by atoms with E-state index in [4.69, 9.17) is 57.9 Å². The Bertz CT molecular complexity index is 2150. The number of amides is 4. The van der Waals surface area contributed by atoms with Gasteiger partial charge in [0, 0.05) is 44.0 Å². The van der Waals surface area contributed by atoms with E-state index in [9.17, 15) is 29.4 Å². The normalized spacial score (nSPS) is 24.2.